The van der Waals surface area contributed by atoms with Crippen LogP contribution in [0, 0.1) is 5.82 Å². The van der Waals surface area contributed by atoms with Gasteiger partial charge in [-0.05, 0) is 24.3 Å². The number of hydrogen-bond donors (Lipinski definition) is 3. The minimum atomic E-state index is -0.572. The summed E-state index contributed by atoms with van der Waals surface area (Å²) in [6.45, 7) is -0.358. The van der Waals surface area contributed by atoms with Gasteiger partial charge < -0.3 is 15.5 Å². The number of hydrogen-bond acceptors (Lipinski definition) is 5. The molecule has 0 unspecified atom stereocenters. The number of benzene rings is 1. The first-order valence-electron chi connectivity index (χ1n) is 7.24. The molecule has 2 heterocycles. The molecule has 0 saturated heterocycles. The predicted octanol–water partition coefficient (Wildman–Crippen LogP) is 3.16. The van der Waals surface area contributed by atoms with Crippen molar-refractivity contribution in [3.63, 3.8) is 0 Å². The molecule has 0 aliphatic carbocycles. The second-order valence-corrected chi connectivity index (χ2v) is 6.89. The third-order valence-corrected chi connectivity index (χ3v) is 4.50. The Bertz CT molecular complexity index is 972. The van der Waals surface area contributed by atoms with Crippen molar-refractivity contribution in [2.75, 3.05) is 11.9 Å². The Kier molecular flexibility index (Phi) is 5.33. The number of carbonyl (C=O) groups is 2. The van der Waals surface area contributed by atoms with E-state index >= 15 is 0 Å². The zero-order valence-electron chi connectivity index (χ0n) is 13.1. The van der Waals surface area contributed by atoms with Gasteiger partial charge in [0, 0.05) is 21.6 Å². The number of nitrogens with zero attached hydrogens (tertiary/aromatic N) is 1. The van der Waals surface area contributed by atoms with Gasteiger partial charge in [0.2, 0.25) is 0 Å². The fraction of sp³-hybridized carbons (Fsp3) is 0.0625. The molecule has 0 spiro atoms. The zero-order chi connectivity index (χ0) is 18.7. The van der Waals surface area contributed by atoms with Crippen LogP contribution in [-0.4, -0.2) is 28.4 Å². The highest BCUT2D eigenvalue weighted by Gasteiger charge is 2.12. The Balaban J connectivity index is 1.59. The number of halogens is 2. The van der Waals surface area contributed by atoms with Crippen molar-refractivity contribution in [2.45, 2.75) is 0 Å². The van der Waals surface area contributed by atoms with Gasteiger partial charge in [-0.25, -0.2) is 9.37 Å². The van der Waals surface area contributed by atoms with Crippen LogP contribution in [0.25, 0.3) is 11.3 Å². The third-order valence-electron chi connectivity index (χ3n) is 3.25. The normalized spacial score (nSPS) is 10.5. The van der Waals surface area contributed by atoms with E-state index in [1.54, 1.807) is 23.7 Å². The molecule has 4 N–H and O–H groups in total. The molecule has 2 amide bonds. The van der Waals surface area contributed by atoms with Crippen molar-refractivity contribution in [2.24, 2.45) is 5.73 Å². The Morgan fingerprint density at radius 3 is 2.88 bits per heavy atom. The number of nitrogens with one attached hydrogen (secondary N) is 2. The van der Waals surface area contributed by atoms with E-state index in [2.05, 4.69) is 31.2 Å². The molecule has 0 saturated carbocycles. The van der Waals surface area contributed by atoms with Crippen LogP contribution in [0.5, 0.6) is 5.75 Å². The highest BCUT2D eigenvalue weighted by atomic mass is 79.9. The summed E-state index contributed by atoms with van der Waals surface area (Å²) in [7, 11) is 0. The second-order valence-electron chi connectivity index (χ2n) is 5.12. The minimum Gasteiger partial charge on any atom is -0.481 e. The molecule has 0 aliphatic rings. The number of ether oxygens (including phenoxy) is 1. The van der Waals surface area contributed by atoms with Crippen LogP contribution in [0.4, 0.5) is 9.52 Å². The number of carbonyl (C=O) groups excluding carboxylic acids is 2. The van der Waals surface area contributed by atoms with Crippen molar-refractivity contribution >= 4 is 44.2 Å². The van der Waals surface area contributed by atoms with Gasteiger partial charge >= 0.3 is 0 Å². The molecular weight excluding hydrogens is 427 g/mol. The molecule has 10 heteroatoms. The third kappa shape index (κ3) is 4.27. The summed E-state index contributed by atoms with van der Waals surface area (Å²) in [5, 5.41) is 4.65. The minimum absolute atomic E-state index is 0.0190. The topological polar surface area (TPSA) is 110 Å². The number of anilines is 1. The Labute approximate surface area is 159 Å². The predicted molar refractivity (Wildman–Crippen MR) is 98.6 cm³/mol. The highest BCUT2D eigenvalue weighted by Crippen LogP contribution is 2.25. The summed E-state index contributed by atoms with van der Waals surface area (Å²) < 4.78 is 19.4. The van der Waals surface area contributed by atoms with Crippen LogP contribution < -0.4 is 15.8 Å². The number of rotatable bonds is 6. The number of aromatic amines is 1. The molecule has 0 fully saturated rings. The van der Waals surface area contributed by atoms with Gasteiger partial charge in [0.05, 0.1) is 5.69 Å². The van der Waals surface area contributed by atoms with Gasteiger partial charge in [0.15, 0.2) is 23.3 Å². The molecule has 0 atom stereocenters. The SMILES string of the molecule is NC(=O)c1cc(-c2csc(NC(=O)COc3ccc(Br)cc3F)n2)c[nH]1. The van der Waals surface area contributed by atoms with E-state index in [9.17, 15) is 14.0 Å². The van der Waals surface area contributed by atoms with Crippen LogP contribution in [0.3, 0.4) is 0 Å². The molecule has 0 bridgehead atoms. The van der Waals surface area contributed by atoms with Crippen molar-refractivity contribution < 1.29 is 18.7 Å². The van der Waals surface area contributed by atoms with Crippen LogP contribution in [-0.2, 0) is 4.79 Å². The lowest BCUT2D eigenvalue weighted by atomic mass is 10.2. The van der Waals surface area contributed by atoms with Gasteiger partial charge in [-0.1, -0.05) is 15.9 Å². The Morgan fingerprint density at radius 2 is 2.19 bits per heavy atom. The van der Waals surface area contributed by atoms with E-state index in [0.717, 1.165) is 0 Å². The lowest BCUT2D eigenvalue weighted by Crippen LogP contribution is -2.20. The second kappa shape index (κ2) is 7.67. The number of amides is 2. The fourth-order valence-corrected chi connectivity index (χ4v) is 3.11. The average Bonchev–Trinajstić information content (AvgIpc) is 3.23. The van der Waals surface area contributed by atoms with Crippen LogP contribution in [0.2, 0.25) is 0 Å². The summed E-state index contributed by atoms with van der Waals surface area (Å²) in [6.07, 6.45) is 1.60. The van der Waals surface area contributed by atoms with Crippen molar-refractivity contribution in [1.29, 1.82) is 0 Å². The molecule has 134 valence electrons. The first-order chi connectivity index (χ1) is 12.4. The summed E-state index contributed by atoms with van der Waals surface area (Å²) in [5.41, 5.74) is 6.70. The molecule has 1 aromatic carbocycles. The number of H-pyrrole nitrogens is 1. The highest BCUT2D eigenvalue weighted by molar-refractivity contribution is 9.10. The molecule has 7 nitrogen and oxygen atoms in total. The smallest absolute Gasteiger partial charge is 0.265 e. The maximum Gasteiger partial charge on any atom is 0.265 e. The largest absolute Gasteiger partial charge is 0.481 e. The summed E-state index contributed by atoms with van der Waals surface area (Å²) in [4.78, 5) is 30.0. The number of primary amides is 1. The van der Waals surface area contributed by atoms with Crippen LogP contribution in [0.1, 0.15) is 10.5 Å². The quantitative estimate of drug-likeness (QED) is 0.548. The van der Waals surface area contributed by atoms with E-state index in [4.69, 9.17) is 10.5 Å². The lowest BCUT2D eigenvalue weighted by Gasteiger charge is -2.07. The first kappa shape index (κ1) is 18.1. The van der Waals surface area contributed by atoms with Gasteiger partial charge in [-0.2, -0.15) is 0 Å². The van der Waals surface area contributed by atoms with Crippen molar-refractivity contribution in [3.05, 3.63) is 51.8 Å². The van der Waals surface area contributed by atoms with Crippen molar-refractivity contribution in [1.82, 2.24) is 9.97 Å². The molecule has 3 rings (SSSR count). The number of aromatic nitrogens is 2. The summed E-state index contributed by atoms with van der Waals surface area (Å²) >= 11 is 4.35. The van der Waals surface area contributed by atoms with Gasteiger partial charge in [0.25, 0.3) is 11.8 Å². The fourth-order valence-electron chi connectivity index (χ4n) is 2.04. The monoisotopic (exact) mass is 438 g/mol. The molecule has 26 heavy (non-hydrogen) atoms. The van der Waals surface area contributed by atoms with Crippen LogP contribution >= 0.6 is 27.3 Å². The summed E-state index contributed by atoms with van der Waals surface area (Å²) in [6, 6.07) is 5.86. The first-order valence-corrected chi connectivity index (χ1v) is 8.91. The van der Waals surface area contributed by atoms with Crippen LogP contribution in [0.15, 0.2) is 40.3 Å². The van der Waals surface area contributed by atoms with Crippen molar-refractivity contribution in [3.8, 4) is 17.0 Å². The summed E-state index contributed by atoms with van der Waals surface area (Å²) in [5.74, 6) is -1.63. The Morgan fingerprint density at radius 1 is 1.38 bits per heavy atom. The van der Waals surface area contributed by atoms with E-state index < -0.39 is 17.6 Å². The standard InChI is InChI=1S/C16H12BrFN4O3S/c17-9-1-2-13(10(18)4-9)25-6-14(23)22-16-21-12(7-26-16)8-3-11(15(19)24)20-5-8/h1-5,7,20H,6H2,(H2,19,24)(H,21,22,23). The molecular formula is C16H12BrFN4O3S. The van der Waals surface area contributed by atoms with E-state index in [1.165, 1.54) is 23.5 Å². The van der Waals surface area contributed by atoms with E-state index in [1.807, 2.05) is 0 Å². The number of thiazole rings is 1. The van der Waals surface area contributed by atoms with Gasteiger partial charge in [0.1, 0.15) is 5.69 Å². The Hall–Kier alpha value is -2.72. The van der Waals surface area contributed by atoms with Gasteiger partial charge in [-0.3, -0.25) is 14.9 Å². The zero-order valence-corrected chi connectivity index (χ0v) is 15.5. The van der Waals surface area contributed by atoms with E-state index in [-0.39, 0.29) is 18.1 Å². The maximum absolute atomic E-state index is 13.6. The molecule has 3 aromatic rings. The molecule has 0 radical (unpaired) electrons. The number of nitrogens with two attached hydrogens (primary N) is 1. The van der Waals surface area contributed by atoms with Gasteiger partial charge in [-0.15, -0.1) is 11.3 Å². The lowest BCUT2D eigenvalue weighted by molar-refractivity contribution is -0.118. The molecule has 2 aromatic heterocycles. The molecule has 0 aliphatic heterocycles. The maximum atomic E-state index is 13.6. The van der Waals surface area contributed by atoms with E-state index in [0.29, 0.717) is 20.9 Å². The average molecular weight is 439 g/mol.